The van der Waals surface area contributed by atoms with Crippen molar-refractivity contribution in [2.45, 2.75) is 38.1 Å². The van der Waals surface area contributed by atoms with Gasteiger partial charge < -0.3 is 16.0 Å². The molecule has 0 heterocycles. The highest BCUT2D eigenvalue weighted by Crippen LogP contribution is 2.30. The molecule has 0 bridgehead atoms. The van der Waals surface area contributed by atoms with Crippen LogP contribution in [-0.2, 0) is 9.59 Å². The van der Waals surface area contributed by atoms with Gasteiger partial charge in [0.15, 0.2) is 0 Å². The molecule has 0 atom stereocenters. The molecule has 0 saturated heterocycles. The highest BCUT2D eigenvalue weighted by Gasteiger charge is 2.29. The van der Waals surface area contributed by atoms with E-state index in [0.717, 1.165) is 30.8 Å². The number of amides is 2. The van der Waals surface area contributed by atoms with E-state index < -0.39 is 0 Å². The smallest absolute Gasteiger partial charge is 0.227 e. The molecule has 2 amide bonds. The molecule has 2 fully saturated rings. The van der Waals surface area contributed by atoms with E-state index in [1.54, 1.807) is 0 Å². The second-order valence-electron chi connectivity index (χ2n) is 5.87. The number of anilines is 2. The van der Waals surface area contributed by atoms with Gasteiger partial charge in [-0.25, -0.2) is 0 Å². The van der Waals surface area contributed by atoms with Crippen LogP contribution in [-0.4, -0.2) is 24.4 Å². The van der Waals surface area contributed by atoms with Gasteiger partial charge in [-0.3, -0.25) is 9.59 Å². The van der Waals surface area contributed by atoms with Gasteiger partial charge in [0, 0.05) is 36.3 Å². The number of rotatable bonds is 7. The minimum absolute atomic E-state index is 0.0120. The zero-order chi connectivity index (χ0) is 14.7. The van der Waals surface area contributed by atoms with Crippen LogP contribution in [0.15, 0.2) is 24.3 Å². The highest BCUT2D eigenvalue weighted by atomic mass is 16.2. The van der Waals surface area contributed by atoms with Crippen LogP contribution in [0.2, 0.25) is 0 Å². The van der Waals surface area contributed by atoms with Crippen molar-refractivity contribution >= 4 is 23.2 Å². The Morgan fingerprint density at radius 3 is 2.14 bits per heavy atom. The number of benzene rings is 1. The van der Waals surface area contributed by atoms with Gasteiger partial charge >= 0.3 is 0 Å². The van der Waals surface area contributed by atoms with Gasteiger partial charge in [0.1, 0.15) is 0 Å². The molecule has 2 aliphatic rings. The lowest BCUT2D eigenvalue weighted by atomic mass is 10.2. The quantitative estimate of drug-likeness (QED) is 0.719. The number of carbonyl (C=O) groups is 2. The van der Waals surface area contributed by atoms with Crippen molar-refractivity contribution in [3.05, 3.63) is 24.3 Å². The van der Waals surface area contributed by atoms with E-state index in [-0.39, 0.29) is 17.7 Å². The average molecular weight is 287 g/mol. The van der Waals surface area contributed by atoms with E-state index >= 15 is 0 Å². The zero-order valence-corrected chi connectivity index (χ0v) is 12.0. The molecule has 0 unspecified atom stereocenters. The largest absolute Gasteiger partial charge is 0.326 e. The van der Waals surface area contributed by atoms with Crippen LogP contribution < -0.4 is 16.0 Å². The predicted molar refractivity (Wildman–Crippen MR) is 82.1 cm³/mol. The molecule has 0 radical (unpaired) electrons. The van der Waals surface area contributed by atoms with Crippen molar-refractivity contribution in [2.75, 3.05) is 17.2 Å². The molecule has 2 aliphatic carbocycles. The Bertz CT molecular complexity index is 519. The first-order valence-corrected chi connectivity index (χ1v) is 7.65. The molecule has 1 aromatic rings. The third-order valence-electron chi connectivity index (χ3n) is 3.75. The Morgan fingerprint density at radius 2 is 1.57 bits per heavy atom. The third-order valence-corrected chi connectivity index (χ3v) is 3.75. The molecule has 0 spiro atoms. The molecule has 0 aliphatic heterocycles. The first-order chi connectivity index (χ1) is 10.2. The maximum absolute atomic E-state index is 11.8. The predicted octanol–water partition coefficient (Wildman–Crippen LogP) is 2.12. The summed E-state index contributed by atoms with van der Waals surface area (Å²) in [5.41, 5.74) is 1.54. The van der Waals surface area contributed by atoms with Crippen molar-refractivity contribution < 1.29 is 9.59 Å². The first-order valence-electron chi connectivity index (χ1n) is 7.65. The summed E-state index contributed by atoms with van der Waals surface area (Å²) in [5, 5.41) is 9.05. The maximum Gasteiger partial charge on any atom is 0.227 e. The molecule has 112 valence electrons. The fourth-order valence-electron chi connectivity index (χ4n) is 2.13. The SMILES string of the molecule is O=C(CCNC1CC1)Nc1ccc(NC(=O)C2CC2)cc1. The van der Waals surface area contributed by atoms with E-state index in [0.29, 0.717) is 12.5 Å². The fourth-order valence-corrected chi connectivity index (χ4v) is 2.13. The summed E-state index contributed by atoms with van der Waals surface area (Å²) in [7, 11) is 0. The Morgan fingerprint density at radius 1 is 0.952 bits per heavy atom. The topological polar surface area (TPSA) is 70.2 Å². The van der Waals surface area contributed by atoms with Crippen LogP contribution in [0, 0.1) is 5.92 Å². The summed E-state index contributed by atoms with van der Waals surface area (Å²) in [6.07, 6.45) is 4.94. The molecule has 2 saturated carbocycles. The van der Waals surface area contributed by atoms with Crippen molar-refractivity contribution in [1.82, 2.24) is 5.32 Å². The van der Waals surface area contributed by atoms with Crippen LogP contribution in [0.25, 0.3) is 0 Å². The summed E-state index contributed by atoms with van der Waals surface area (Å²) in [4.78, 5) is 23.4. The Kier molecular flexibility index (Phi) is 4.20. The molecule has 3 rings (SSSR count). The van der Waals surface area contributed by atoms with E-state index in [9.17, 15) is 9.59 Å². The summed E-state index contributed by atoms with van der Waals surface area (Å²) in [6, 6.07) is 7.90. The van der Waals surface area contributed by atoms with E-state index in [4.69, 9.17) is 0 Å². The Labute approximate surface area is 124 Å². The van der Waals surface area contributed by atoms with Gasteiger partial charge in [0.05, 0.1) is 0 Å². The van der Waals surface area contributed by atoms with Gasteiger partial charge in [-0.05, 0) is 49.9 Å². The Balaban J connectivity index is 1.42. The maximum atomic E-state index is 11.8. The third kappa shape index (κ3) is 4.56. The normalized spacial score (nSPS) is 17.3. The standard InChI is InChI=1S/C16H21N3O2/c20-15(9-10-17-12-3-4-12)18-13-5-7-14(8-6-13)19-16(21)11-1-2-11/h5-8,11-12,17H,1-4,9-10H2,(H,18,20)(H,19,21). The number of carbonyl (C=O) groups excluding carboxylic acids is 2. The fraction of sp³-hybridized carbons (Fsp3) is 0.500. The summed E-state index contributed by atoms with van der Waals surface area (Å²) in [5.74, 6) is 0.305. The van der Waals surface area contributed by atoms with E-state index in [2.05, 4.69) is 16.0 Å². The van der Waals surface area contributed by atoms with Crippen molar-refractivity contribution in [2.24, 2.45) is 5.92 Å². The van der Waals surface area contributed by atoms with E-state index in [1.807, 2.05) is 24.3 Å². The van der Waals surface area contributed by atoms with Crippen LogP contribution in [0.5, 0.6) is 0 Å². The minimum Gasteiger partial charge on any atom is -0.326 e. The van der Waals surface area contributed by atoms with Crippen LogP contribution in [0.4, 0.5) is 11.4 Å². The summed E-state index contributed by atoms with van der Waals surface area (Å²) < 4.78 is 0. The molecular weight excluding hydrogens is 266 g/mol. The monoisotopic (exact) mass is 287 g/mol. The van der Waals surface area contributed by atoms with Crippen LogP contribution in [0.3, 0.4) is 0 Å². The van der Waals surface area contributed by atoms with Gasteiger partial charge in [-0.15, -0.1) is 0 Å². The van der Waals surface area contributed by atoms with Gasteiger partial charge in [0.25, 0.3) is 0 Å². The second-order valence-corrected chi connectivity index (χ2v) is 5.87. The molecular formula is C16H21N3O2. The van der Waals surface area contributed by atoms with Gasteiger partial charge in [0.2, 0.25) is 11.8 Å². The molecule has 3 N–H and O–H groups in total. The van der Waals surface area contributed by atoms with Crippen LogP contribution in [0.1, 0.15) is 32.1 Å². The Hall–Kier alpha value is -1.88. The van der Waals surface area contributed by atoms with Crippen molar-refractivity contribution in [3.63, 3.8) is 0 Å². The second kappa shape index (κ2) is 6.26. The zero-order valence-electron chi connectivity index (χ0n) is 12.0. The first kappa shape index (κ1) is 14.1. The van der Waals surface area contributed by atoms with Crippen molar-refractivity contribution in [3.8, 4) is 0 Å². The number of hydrogen-bond acceptors (Lipinski definition) is 3. The lowest BCUT2D eigenvalue weighted by Crippen LogP contribution is -2.23. The summed E-state index contributed by atoms with van der Waals surface area (Å²) in [6.45, 7) is 0.728. The average Bonchev–Trinajstić information content (AvgIpc) is 3.34. The van der Waals surface area contributed by atoms with Crippen molar-refractivity contribution in [1.29, 1.82) is 0 Å². The highest BCUT2D eigenvalue weighted by molar-refractivity contribution is 5.95. The summed E-state index contributed by atoms with van der Waals surface area (Å²) >= 11 is 0. The molecule has 5 heteroatoms. The number of hydrogen-bond donors (Lipinski definition) is 3. The molecule has 5 nitrogen and oxygen atoms in total. The molecule has 21 heavy (non-hydrogen) atoms. The number of nitrogens with one attached hydrogen (secondary N) is 3. The molecule has 1 aromatic carbocycles. The molecule has 0 aromatic heterocycles. The van der Waals surface area contributed by atoms with Gasteiger partial charge in [-0.1, -0.05) is 0 Å². The lowest BCUT2D eigenvalue weighted by Gasteiger charge is -2.08. The van der Waals surface area contributed by atoms with Gasteiger partial charge in [-0.2, -0.15) is 0 Å². The van der Waals surface area contributed by atoms with Crippen LogP contribution >= 0.6 is 0 Å². The minimum atomic E-state index is 0.0120. The van der Waals surface area contributed by atoms with E-state index in [1.165, 1.54) is 12.8 Å². The lowest BCUT2D eigenvalue weighted by molar-refractivity contribution is -0.117.